The van der Waals surface area contributed by atoms with Gasteiger partial charge in [-0.25, -0.2) is 8.78 Å². The van der Waals surface area contributed by atoms with Crippen molar-refractivity contribution < 1.29 is 8.78 Å². The van der Waals surface area contributed by atoms with Crippen molar-refractivity contribution in [2.75, 3.05) is 13.1 Å². The number of nitrogens with one attached hydrogen (secondary N) is 1. The van der Waals surface area contributed by atoms with E-state index >= 15 is 0 Å². The Bertz CT molecular complexity index is 219. The first-order valence-corrected chi connectivity index (χ1v) is 6.10. The molecule has 0 aromatic heterocycles. The third-order valence-corrected chi connectivity index (χ3v) is 4.41. The number of rotatable bonds is 4. The molecule has 16 heavy (non-hydrogen) atoms. The summed E-state index contributed by atoms with van der Waals surface area (Å²) in [6.45, 7) is 7.04. The van der Waals surface area contributed by atoms with Crippen LogP contribution in [-0.2, 0) is 0 Å². The molecule has 2 nitrogen and oxygen atoms in total. The highest BCUT2D eigenvalue weighted by Gasteiger charge is 2.41. The standard InChI is InChI=1S/C12H24F2N2/c1-8-10(15)5-4-9(12(8,2)3)6-16-7-11(13)14/h8-11,16H,4-7,15H2,1-3H3. The van der Waals surface area contributed by atoms with E-state index in [1.54, 1.807) is 0 Å². The van der Waals surface area contributed by atoms with Crippen LogP contribution < -0.4 is 11.1 Å². The van der Waals surface area contributed by atoms with Gasteiger partial charge >= 0.3 is 0 Å². The minimum absolute atomic E-state index is 0.132. The number of hydrogen-bond acceptors (Lipinski definition) is 2. The number of hydrogen-bond donors (Lipinski definition) is 2. The zero-order valence-electron chi connectivity index (χ0n) is 10.5. The van der Waals surface area contributed by atoms with Gasteiger partial charge in [0.25, 0.3) is 6.43 Å². The Balaban J connectivity index is 2.47. The molecule has 0 aromatic carbocycles. The molecule has 0 bridgehead atoms. The monoisotopic (exact) mass is 234 g/mol. The Morgan fingerprint density at radius 3 is 2.56 bits per heavy atom. The molecule has 0 heterocycles. The maximum absolute atomic E-state index is 12.0. The van der Waals surface area contributed by atoms with Gasteiger partial charge in [0, 0.05) is 6.04 Å². The summed E-state index contributed by atoms with van der Waals surface area (Å²) in [5, 5.41) is 2.85. The van der Waals surface area contributed by atoms with E-state index < -0.39 is 6.43 Å². The summed E-state index contributed by atoms with van der Waals surface area (Å²) in [5.41, 5.74) is 6.18. The fourth-order valence-electron chi connectivity index (χ4n) is 2.67. The van der Waals surface area contributed by atoms with E-state index in [1.807, 2.05) is 0 Å². The Morgan fingerprint density at radius 1 is 1.38 bits per heavy atom. The average molecular weight is 234 g/mol. The molecule has 3 unspecified atom stereocenters. The lowest BCUT2D eigenvalue weighted by Crippen LogP contribution is -2.49. The molecule has 0 radical (unpaired) electrons. The molecular formula is C12H24F2N2. The van der Waals surface area contributed by atoms with Crippen LogP contribution in [0, 0.1) is 17.3 Å². The van der Waals surface area contributed by atoms with Gasteiger partial charge in [0.1, 0.15) is 0 Å². The molecule has 1 aliphatic rings. The van der Waals surface area contributed by atoms with E-state index in [0.29, 0.717) is 18.4 Å². The fourth-order valence-corrected chi connectivity index (χ4v) is 2.67. The highest BCUT2D eigenvalue weighted by Crippen LogP contribution is 2.43. The molecule has 1 fully saturated rings. The van der Waals surface area contributed by atoms with E-state index in [4.69, 9.17) is 5.73 Å². The second-order valence-corrected chi connectivity index (χ2v) is 5.60. The van der Waals surface area contributed by atoms with Crippen molar-refractivity contribution in [3.05, 3.63) is 0 Å². The van der Waals surface area contributed by atoms with Crippen molar-refractivity contribution in [2.24, 2.45) is 23.0 Å². The molecule has 1 rings (SSSR count). The van der Waals surface area contributed by atoms with Crippen LogP contribution >= 0.6 is 0 Å². The Hall–Kier alpha value is -0.220. The van der Waals surface area contributed by atoms with E-state index in [1.165, 1.54) is 0 Å². The largest absolute Gasteiger partial charge is 0.327 e. The van der Waals surface area contributed by atoms with Crippen LogP contribution in [0.2, 0.25) is 0 Å². The molecule has 0 amide bonds. The molecule has 4 heteroatoms. The lowest BCUT2D eigenvalue weighted by atomic mass is 9.61. The number of alkyl halides is 2. The van der Waals surface area contributed by atoms with Crippen molar-refractivity contribution in [2.45, 2.75) is 46.1 Å². The van der Waals surface area contributed by atoms with E-state index in [2.05, 4.69) is 26.1 Å². The summed E-state index contributed by atoms with van der Waals surface area (Å²) in [4.78, 5) is 0. The molecule has 96 valence electrons. The van der Waals surface area contributed by atoms with Crippen molar-refractivity contribution in [1.29, 1.82) is 0 Å². The van der Waals surface area contributed by atoms with Crippen LogP contribution in [0.5, 0.6) is 0 Å². The van der Waals surface area contributed by atoms with Gasteiger partial charge in [-0.2, -0.15) is 0 Å². The van der Waals surface area contributed by atoms with Gasteiger partial charge in [-0.05, 0) is 36.6 Å². The zero-order chi connectivity index (χ0) is 12.3. The van der Waals surface area contributed by atoms with Gasteiger partial charge in [0.15, 0.2) is 0 Å². The first-order chi connectivity index (χ1) is 7.35. The maximum atomic E-state index is 12.0. The second kappa shape index (κ2) is 5.41. The van der Waals surface area contributed by atoms with E-state index in [0.717, 1.165) is 12.8 Å². The lowest BCUT2D eigenvalue weighted by Gasteiger charge is -2.47. The third kappa shape index (κ3) is 3.14. The smallest absolute Gasteiger partial charge is 0.250 e. The molecule has 1 aliphatic carbocycles. The predicted octanol–water partition coefficient (Wildman–Crippen LogP) is 2.24. The summed E-state index contributed by atoms with van der Waals surface area (Å²) in [6, 6.07) is 0.251. The Kier molecular flexibility index (Phi) is 4.68. The molecule has 3 atom stereocenters. The summed E-state index contributed by atoms with van der Waals surface area (Å²) in [6.07, 6.45) is -0.216. The zero-order valence-corrected chi connectivity index (χ0v) is 10.5. The van der Waals surface area contributed by atoms with Crippen LogP contribution in [0.25, 0.3) is 0 Å². The average Bonchev–Trinajstić information content (AvgIpc) is 2.18. The van der Waals surface area contributed by atoms with Crippen LogP contribution in [0.15, 0.2) is 0 Å². The summed E-state index contributed by atoms with van der Waals surface area (Å²) < 4.78 is 24.1. The third-order valence-electron chi connectivity index (χ3n) is 4.41. The minimum atomic E-state index is -2.26. The van der Waals surface area contributed by atoms with Gasteiger partial charge in [0.05, 0.1) is 6.54 Å². The molecule has 0 aromatic rings. The summed E-state index contributed by atoms with van der Waals surface area (Å²) in [7, 11) is 0. The van der Waals surface area contributed by atoms with Crippen LogP contribution in [0.3, 0.4) is 0 Å². The van der Waals surface area contributed by atoms with E-state index in [9.17, 15) is 8.78 Å². The summed E-state index contributed by atoms with van der Waals surface area (Å²) in [5.74, 6) is 0.889. The minimum Gasteiger partial charge on any atom is -0.327 e. The Morgan fingerprint density at radius 2 is 2.00 bits per heavy atom. The predicted molar refractivity (Wildman–Crippen MR) is 62.5 cm³/mol. The van der Waals surface area contributed by atoms with Crippen LogP contribution in [-0.4, -0.2) is 25.6 Å². The highest BCUT2D eigenvalue weighted by atomic mass is 19.3. The van der Waals surface area contributed by atoms with Crippen molar-refractivity contribution in [1.82, 2.24) is 5.32 Å². The topological polar surface area (TPSA) is 38.0 Å². The Labute approximate surface area is 97.0 Å². The maximum Gasteiger partial charge on any atom is 0.250 e. The normalized spacial score (nSPS) is 34.3. The van der Waals surface area contributed by atoms with Gasteiger partial charge in [-0.1, -0.05) is 20.8 Å². The summed E-state index contributed by atoms with van der Waals surface area (Å²) >= 11 is 0. The van der Waals surface area contributed by atoms with Crippen LogP contribution in [0.1, 0.15) is 33.6 Å². The van der Waals surface area contributed by atoms with Gasteiger partial charge in [-0.15, -0.1) is 0 Å². The number of halogens is 2. The van der Waals surface area contributed by atoms with Crippen molar-refractivity contribution in [3.63, 3.8) is 0 Å². The van der Waals surface area contributed by atoms with Gasteiger partial charge in [0.2, 0.25) is 0 Å². The number of nitrogens with two attached hydrogens (primary N) is 1. The first-order valence-electron chi connectivity index (χ1n) is 6.10. The fraction of sp³-hybridized carbons (Fsp3) is 1.00. The molecule has 0 aliphatic heterocycles. The molecule has 0 saturated heterocycles. The van der Waals surface area contributed by atoms with Crippen molar-refractivity contribution >= 4 is 0 Å². The first kappa shape index (κ1) is 13.8. The van der Waals surface area contributed by atoms with Gasteiger partial charge in [-0.3, -0.25) is 0 Å². The quantitative estimate of drug-likeness (QED) is 0.783. The molecular weight excluding hydrogens is 210 g/mol. The van der Waals surface area contributed by atoms with Gasteiger partial charge < -0.3 is 11.1 Å². The SMILES string of the molecule is CC1C(N)CCC(CNCC(F)F)C1(C)C. The second-order valence-electron chi connectivity index (χ2n) is 5.60. The molecule has 1 saturated carbocycles. The highest BCUT2D eigenvalue weighted by molar-refractivity contribution is 4.94. The molecule has 0 spiro atoms. The van der Waals surface area contributed by atoms with Crippen molar-refractivity contribution in [3.8, 4) is 0 Å². The van der Waals surface area contributed by atoms with Crippen LogP contribution in [0.4, 0.5) is 8.78 Å². The molecule has 3 N–H and O–H groups in total. The van der Waals surface area contributed by atoms with E-state index in [-0.39, 0.29) is 18.0 Å². The lowest BCUT2D eigenvalue weighted by molar-refractivity contribution is 0.0501.